The van der Waals surface area contributed by atoms with Gasteiger partial charge in [0.2, 0.25) is 6.79 Å². The molecule has 94 valence electrons. The maximum Gasteiger partial charge on any atom is 0.251 e. The van der Waals surface area contributed by atoms with E-state index in [9.17, 15) is 4.79 Å². The van der Waals surface area contributed by atoms with Gasteiger partial charge in [0.1, 0.15) is 0 Å². The van der Waals surface area contributed by atoms with Gasteiger partial charge in [-0.1, -0.05) is 0 Å². The van der Waals surface area contributed by atoms with E-state index in [4.69, 9.17) is 15.2 Å². The molecule has 2 heterocycles. The Labute approximate surface area is 104 Å². The Kier molecular flexibility index (Phi) is 2.48. The zero-order valence-corrected chi connectivity index (χ0v) is 10.1. The molecular weight excluding hydrogens is 232 g/mol. The zero-order chi connectivity index (χ0) is 12.7. The van der Waals surface area contributed by atoms with E-state index >= 15 is 0 Å². The third-order valence-corrected chi connectivity index (χ3v) is 3.29. The van der Waals surface area contributed by atoms with Crippen LogP contribution in [0.4, 0.5) is 0 Å². The minimum atomic E-state index is -0.0793. The Morgan fingerprint density at radius 1 is 1.33 bits per heavy atom. The molecule has 5 nitrogen and oxygen atoms in total. The van der Waals surface area contributed by atoms with E-state index in [0.717, 1.165) is 27.8 Å². The molecule has 0 radical (unpaired) electrons. The second-order valence-corrected chi connectivity index (χ2v) is 4.35. The number of aryl methyl sites for hydroxylation is 1. The van der Waals surface area contributed by atoms with Crippen LogP contribution in [0.15, 0.2) is 16.9 Å². The van der Waals surface area contributed by atoms with Gasteiger partial charge in [0.05, 0.1) is 5.52 Å². The highest BCUT2D eigenvalue weighted by atomic mass is 16.7. The van der Waals surface area contributed by atoms with Crippen LogP contribution in [0.1, 0.15) is 11.1 Å². The molecule has 1 aromatic carbocycles. The Hall–Kier alpha value is -2.01. The Morgan fingerprint density at radius 3 is 2.78 bits per heavy atom. The van der Waals surface area contributed by atoms with E-state index in [-0.39, 0.29) is 12.4 Å². The number of hydrogen-bond acceptors (Lipinski definition) is 4. The number of pyridine rings is 1. The van der Waals surface area contributed by atoms with Crippen LogP contribution in [0, 0.1) is 6.92 Å². The summed E-state index contributed by atoms with van der Waals surface area (Å²) < 4.78 is 10.7. The van der Waals surface area contributed by atoms with Gasteiger partial charge >= 0.3 is 0 Å². The highest BCUT2D eigenvalue weighted by Gasteiger charge is 2.17. The summed E-state index contributed by atoms with van der Waals surface area (Å²) in [5.74, 6) is 1.39. The zero-order valence-electron chi connectivity index (χ0n) is 10.1. The minimum Gasteiger partial charge on any atom is -0.454 e. The molecule has 1 aliphatic heterocycles. The molecule has 2 aromatic rings. The van der Waals surface area contributed by atoms with E-state index in [2.05, 4.69) is 4.98 Å². The molecule has 1 aromatic heterocycles. The fourth-order valence-electron chi connectivity index (χ4n) is 2.33. The normalized spacial score (nSPS) is 13.2. The number of rotatable bonds is 2. The van der Waals surface area contributed by atoms with Crippen LogP contribution in [0.2, 0.25) is 0 Å². The van der Waals surface area contributed by atoms with E-state index in [0.29, 0.717) is 18.7 Å². The first-order valence-electron chi connectivity index (χ1n) is 5.86. The molecule has 0 saturated carbocycles. The van der Waals surface area contributed by atoms with Crippen molar-refractivity contribution in [1.29, 1.82) is 0 Å². The topological polar surface area (TPSA) is 77.3 Å². The van der Waals surface area contributed by atoms with E-state index in [1.165, 1.54) is 0 Å². The molecule has 0 fully saturated rings. The van der Waals surface area contributed by atoms with Crippen molar-refractivity contribution < 1.29 is 9.47 Å². The van der Waals surface area contributed by atoms with Crippen molar-refractivity contribution in [3.63, 3.8) is 0 Å². The monoisotopic (exact) mass is 246 g/mol. The van der Waals surface area contributed by atoms with E-state index in [1.54, 1.807) is 6.07 Å². The average molecular weight is 246 g/mol. The molecule has 3 N–H and O–H groups in total. The molecule has 0 spiro atoms. The molecule has 0 amide bonds. The first-order chi connectivity index (χ1) is 8.70. The predicted octanol–water partition coefficient (Wildman–Crippen LogP) is 1.07. The number of aromatic amines is 1. The fraction of sp³-hybridized carbons (Fsp3) is 0.308. The largest absolute Gasteiger partial charge is 0.454 e. The van der Waals surface area contributed by atoms with Gasteiger partial charge in [0.15, 0.2) is 11.5 Å². The van der Waals surface area contributed by atoms with Crippen LogP contribution < -0.4 is 20.8 Å². The van der Waals surface area contributed by atoms with Crippen LogP contribution >= 0.6 is 0 Å². The molecule has 5 heteroatoms. The summed E-state index contributed by atoms with van der Waals surface area (Å²) in [5.41, 5.74) is 7.92. The van der Waals surface area contributed by atoms with Crippen molar-refractivity contribution in [2.75, 3.05) is 13.3 Å². The molecule has 3 rings (SSSR count). The highest BCUT2D eigenvalue weighted by molar-refractivity contribution is 5.86. The van der Waals surface area contributed by atoms with Gasteiger partial charge in [-0.25, -0.2) is 0 Å². The van der Waals surface area contributed by atoms with Gasteiger partial charge in [-0.2, -0.15) is 0 Å². The Bertz CT molecular complexity index is 676. The number of aromatic nitrogens is 1. The molecule has 0 bridgehead atoms. The van der Waals surface area contributed by atoms with Crippen molar-refractivity contribution >= 4 is 10.9 Å². The van der Waals surface area contributed by atoms with E-state index in [1.807, 2.05) is 13.0 Å². The summed E-state index contributed by atoms with van der Waals surface area (Å²) in [6, 6.07) is 3.71. The minimum absolute atomic E-state index is 0.0793. The van der Waals surface area contributed by atoms with Crippen LogP contribution in [0.25, 0.3) is 10.9 Å². The Morgan fingerprint density at radius 2 is 2.06 bits per heavy atom. The second-order valence-electron chi connectivity index (χ2n) is 4.35. The molecule has 1 aliphatic rings. The average Bonchev–Trinajstić information content (AvgIpc) is 2.79. The van der Waals surface area contributed by atoms with Crippen LogP contribution in [-0.4, -0.2) is 18.3 Å². The van der Waals surface area contributed by atoms with E-state index < -0.39 is 0 Å². The first-order valence-corrected chi connectivity index (χ1v) is 5.86. The second kappa shape index (κ2) is 4.03. The summed E-state index contributed by atoms with van der Waals surface area (Å²) in [7, 11) is 0. The van der Waals surface area contributed by atoms with Gasteiger partial charge in [0.25, 0.3) is 5.56 Å². The van der Waals surface area contributed by atoms with Crippen molar-refractivity contribution in [3.8, 4) is 11.5 Å². The summed E-state index contributed by atoms with van der Waals surface area (Å²) in [6.07, 6.45) is 0.575. The van der Waals surface area contributed by atoms with Crippen molar-refractivity contribution in [1.82, 2.24) is 4.98 Å². The highest BCUT2D eigenvalue weighted by Crippen LogP contribution is 2.36. The summed E-state index contributed by atoms with van der Waals surface area (Å²) in [6.45, 7) is 2.62. The lowest BCUT2D eigenvalue weighted by atomic mass is 10.0. The van der Waals surface area contributed by atoms with Gasteiger partial charge < -0.3 is 20.2 Å². The molecule has 0 saturated heterocycles. The van der Waals surface area contributed by atoms with Gasteiger partial charge in [0, 0.05) is 17.0 Å². The summed E-state index contributed by atoms with van der Waals surface area (Å²) in [4.78, 5) is 14.8. The summed E-state index contributed by atoms with van der Waals surface area (Å²) in [5, 5.41) is 0.974. The number of benzene rings is 1. The lowest BCUT2D eigenvalue weighted by molar-refractivity contribution is 0.174. The van der Waals surface area contributed by atoms with Crippen molar-refractivity contribution in [3.05, 3.63) is 33.6 Å². The molecule has 0 atom stereocenters. The smallest absolute Gasteiger partial charge is 0.251 e. The quantitative estimate of drug-likeness (QED) is 0.830. The number of ether oxygens (including phenoxy) is 2. The third-order valence-electron chi connectivity index (χ3n) is 3.29. The molecule has 0 unspecified atom stereocenters. The van der Waals surface area contributed by atoms with Crippen molar-refractivity contribution in [2.24, 2.45) is 5.73 Å². The SMILES string of the molecule is Cc1c(CCN)c(=O)[nH]c2cc3c(cc12)OCO3. The number of fused-ring (bicyclic) bond motifs is 2. The lowest BCUT2D eigenvalue weighted by Crippen LogP contribution is -2.18. The molecular formula is C13H14N2O3. The van der Waals surface area contributed by atoms with Crippen LogP contribution in [0.3, 0.4) is 0 Å². The van der Waals surface area contributed by atoms with Crippen molar-refractivity contribution in [2.45, 2.75) is 13.3 Å². The van der Waals surface area contributed by atoms with Crippen LogP contribution in [-0.2, 0) is 6.42 Å². The van der Waals surface area contributed by atoms with Gasteiger partial charge in [-0.05, 0) is 31.5 Å². The lowest BCUT2D eigenvalue weighted by Gasteiger charge is -2.08. The molecule has 0 aliphatic carbocycles. The molecule has 18 heavy (non-hydrogen) atoms. The summed E-state index contributed by atoms with van der Waals surface area (Å²) >= 11 is 0. The number of nitrogens with two attached hydrogens (primary N) is 1. The number of hydrogen-bond donors (Lipinski definition) is 2. The maximum absolute atomic E-state index is 12.0. The first kappa shape index (κ1) is 11.1. The van der Waals surface area contributed by atoms with Gasteiger partial charge in [-0.3, -0.25) is 4.79 Å². The third kappa shape index (κ3) is 1.55. The number of H-pyrrole nitrogens is 1. The standard InChI is InChI=1S/C13H14N2O3/c1-7-8(2-3-14)13(16)15-10-5-12-11(4-9(7)10)17-6-18-12/h4-5H,2-3,6,14H2,1H3,(H,15,16). The van der Waals surface area contributed by atoms with Crippen LogP contribution in [0.5, 0.6) is 11.5 Å². The number of nitrogens with one attached hydrogen (secondary N) is 1. The fourth-order valence-corrected chi connectivity index (χ4v) is 2.33. The predicted molar refractivity (Wildman–Crippen MR) is 68.2 cm³/mol. The van der Waals surface area contributed by atoms with Gasteiger partial charge in [-0.15, -0.1) is 0 Å². The maximum atomic E-state index is 12.0. The Balaban J connectivity index is 2.31.